The second kappa shape index (κ2) is 6.11. The maximum atomic E-state index is 11.0. The van der Waals surface area contributed by atoms with Crippen LogP contribution in [0.5, 0.6) is 0 Å². The molecule has 0 saturated heterocycles. The van der Waals surface area contributed by atoms with Crippen LogP contribution in [0, 0.1) is 5.92 Å². The molecule has 2 heteroatoms. The summed E-state index contributed by atoms with van der Waals surface area (Å²) in [4.78, 5) is 11.0. The molecule has 0 radical (unpaired) electrons. The fourth-order valence-corrected chi connectivity index (χ4v) is 1.43. The molecule has 0 aliphatic heterocycles. The number of hydrogen-bond acceptors (Lipinski definition) is 1. The lowest BCUT2D eigenvalue weighted by Crippen LogP contribution is -2.04. The van der Waals surface area contributed by atoms with Crippen molar-refractivity contribution in [2.75, 3.05) is 0 Å². The Hall–Kier alpha value is -1.57. The molecule has 0 heterocycles. The molecule has 2 nitrogen and oxygen atoms in total. The van der Waals surface area contributed by atoms with Gasteiger partial charge in [-0.2, -0.15) is 0 Å². The third kappa shape index (κ3) is 4.30. The van der Waals surface area contributed by atoms with Gasteiger partial charge in [-0.15, -0.1) is 0 Å². The van der Waals surface area contributed by atoms with Gasteiger partial charge in [0.2, 0.25) is 0 Å². The number of rotatable bonds is 5. The summed E-state index contributed by atoms with van der Waals surface area (Å²) in [6, 6.07) is 9.69. The van der Waals surface area contributed by atoms with Gasteiger partial charge in [-0.05, 0) is 17.9 Å². The van der Waals surface area contributed by atoms with E-state index in [-0.39, 0.29) is 0 Å². The fourth-order valence-electron chi connectivity index (χ4n) is 1.43. The van der Waals surface area contributed by atoms with E-state index < -0.39 is 5.97 Å². The molecule has 1 aromatic carbocycles. The van der Waals surface area contributed by atoms with Gasteiger partial charge < -0.3 is 5.11 Å². The van der Waals surface area contributed by atoms with Gasteiger partial charge in [0.05, 0.1) is 0 Å². The highest BCUT2D eigenvalue weighted by Gasteiger charge is 2.07. The SMILES string of the molecule is CC(C)C/C=C(/Cc1ccccc1)C(=O)O. The van der Waals surface area contributed by atoms with Crippen molar-refractivity contribution >= 4 is 5.97 Å². The Morgan fingerprint density at radius 3 is 2.44 bits per heavy atom. The topological polar surface area (TPSA) is 37.3 Å². The van der Waals surface area contributed by atoms with Crippen LogP contribution in [-0.4, -0.2) is 11.1 Å². The molecule has 0 atom stereocenters. The number of benzene rings is 1. The first kappa shape index (κ1) is 12.5. The number of carboxylic acids is 1. The maximum Gasteiger partial charge on any atom is 0.331 e. The Bertz CT molecular complexity index is 364. The van der Waals surface area contributed by atoms with Crippen molar-refractivity contribution in [3.05, 3.63) is 47.5 Å². The molecule has 1 N–H and O–H groups in total. The molecule has 0 amide bonds. The largest absolute Gasteiger partial charge is 0.478 e. The van der Waals surface area contributed by atoms with Crippen LogP contribution in [0.1, 0.15) is 25.8 Å². The summed E-state index contributed by atoms with van der Waals surface area (Å²) in [6.07, 6.45) is 3.15. The van der Waals surface area contributed by atoms with Crippen molar-refractivity contribution in [1.82, 2.24) is 0 Å². The fraction of sp³-hybridized carbons (Fsp3) is 0.357. The quantitative estimate of drug-likeness (QED) is 0.770. The van der Waals surface area contributed by atoms with Crippen LogP contribution in [-0.2, 0) is 11.2 Å². The average molecular weight is 218 g/mol. The molecule has 0 bridgehead atoms. The first-order chi connectivity index (χ1) is 7.59. The van der Waals surface area contributed by atoms with Crippen molar-refractivity contribution in [2.45, 2.75) is 26.7 Å². The summed E-state index contributed by atoms with van der Waals surface area (Å²) >= 11 is 0. The third-order valence-corrected chi connectivity index (χ3v) is 2.35. The molecular formula is C14H18O2. The van der Waals surface area contributed by atoms with Crippen LogP contribution < -0.4 is 0 Å². The van der Waals surface area contributed by atoms with E-state index in [1.165, 1.54) is 0 Å². The molecule has 1 rings (SSSR count). The summed E-state index contributed by atoms with van der Waals surface area (Å²) in [5.41, 5.74) is 1.53. The van der Waals surface area contributed by atoms with Crippen LogP contribution in [0.4, 0.5) is 0 Å². The van der Waals surface area contributed by atoms with E-state index in [4.69, 9.17) is 5.11 Å². The Labute approximate surface area is 96.6 Å². The van der Waals surface area contributed by atoms with Crippen LogP contribution in [0.2, 0.25) is 0 Å². The molecule has 0 fully saturated rings. The van der Waals surface area contributed by atoms with Gasteiger partial charge in [-0.3, -0.25) is 0 Å². The summed E-state index contributed by atoms with van der Waals surface area (Å²) in [7, 11) is 0. The number of hydrogen-bond donors (Lipinski definition) is 1. The van der Waals surface area contributed by atoms with Crippen LogP contribution >= 0.6 is 0 Å². The minimum absolute atomic E-state index is 0.486. The van der Waals surface area contributed by atoms with Gasteiger partial charge in [0.25, 0.3) is 0 Å². The molecule has 0 unspecified atom stereocenters. The van der Waals surface area contributed by atoms with E-state index in [0.717, 1.165) is 12.0 Å². The smallest absolute Gasteiger partial charge is 0.331 e. The standard InChI is InChI=1S/C14H18O2/c1-11(2)8-9-13(14(15)16)10-12-6-4-3-5-7-12/h3-7,9,11H,8,10H2,1-2H3,(H,15,16)/b13-9-. The van der Waals surface area contributed by atoms with Gasteiger partial charge in [-0.25, -0.2) is 4.79 Å². The summed E-state index contributed by atoms with van der Waals surface area (Å²) < 4.78 is 0. The van der Waals surface area contributed by atoms with Crippen LogP contribution in [0.3, 0.4) is 0 Å². The summed E-state index contributed by atoms with van der Waals surface area (Å²) in [5, 5.41) is 9.08. The summed E-state index contributed by atoms with van der Waals surface area (Å²) in [6.45, 7) is 4.16. The molecule has 0 aliphatic rings. The molecule has 86 valence electrons. The lowest BCUT2D eigenvalue weighted by Gasteiger charge is -2.04. The third-order valence-electron chi connectivity index (χ3n) is 2.35. The van der Waals surface area contributed by atoms with E-state index in [1.807, 2.05) is 36.4 Å². The first-order valence-electron chi connectivity index (χ1n) is 5.56. The molecule has 0 aromatic heterocycles. The monoisotopic (exact) mass is 218 g/mol. The van der Waals surface area contributed by atoms with E-state index in [1.54, 1.807) is 0 Å². The Balaban J connectivity index is 2.73. The van der Waals surface area contributed by atoms with Crippen molar-refractivity contribution in [2.24, 2.45) is 5.92 Å². The van der Waals surface area contributed by atoms with Gasteiger partial charge in [-0.1, -0.05) is 50.3 Å². The zero-order valence-electron chi connectivity index (χ0n) is 9.81. The molecular weight excluding hydrogens is 200 g/mol. The van der Waals surface area contributed by atoms with Crippen molar-refractivity contribution in [3.8, 4) is 0 Å². The van der Waals surface area contributed by atoms with Gasteiger partial charge in [0.15, 0.2) is 0 Å². The zero-order valence-corrected chi connectivity index (χ0v) is 9.81. The molecule has 16 heavy (non-hydrogen) atoms. The highest BCUT2D eigenvalue weighted by atomic mass is 16.4. The van der Waals surface area contributed by atoms with E-state index in [2.05, 4.69) is 13.8 Å². The van der Waals surface area contributed by atoms with E-state index in [9.17, 15) is 4.79 Å². The molecule has 0 spiro atoms. The van der Waals surface area contributed by atoms with E-state index >= 15 is 0 Å². The number of carboxylic acid groups (broad SMARTS) is 1. The van der Waals surface area contributed by atoms with Gasteiger partial charge >= 0.3 is 5.97 Å². The number of carbonyl (C=O) groups is 1. The highest BCUT2D eigenvalue weighted by Crippen LogP contribution is 2.11. The lowest BCUT2D eigenvalue weighted by atomic mass is 10.0. The second-order valence-corrected chi connectivity index (χ2v) is 4.33. The molecule has 0 saturated carbocycles. The zero-order chi connectivity index (χ0) is 12.0. The lowest BCUT2D eigenvalue weighted by molar-refractivity contribution is -0.132. The van der Waals surface area contributed by atoms with Crippen molar-refractivity contribution < 1.29 is 9.90 Å². The van der Waals surface area contributed by atoms with Crippen molar-refractivity contribution in [3.63, 3.8) is 0 Å². The van der Waals surface area contributed by atoms with Crippen LogP contribution in [0.25, 0.3) is 0 Å². The summed E-state index contributed by atoms with van der Waals surface area (Å²) in [5.74, 6) is -0.324. The molecule has 1 aromatic rings. The molecule has 0 aliphatic carbocycles. The Morgan fingerprint density at radius 1 is 1.31 bits per heavy atom. The van der Waals surface area contributed by atoms with Crippen LogP contribution in [0.15, 0.2) is 42.0 Å². The predicted molar refractivity (Wildman–Crippen MR) is 65.3 cm³/mol. The number of allylic oxidation sites excluding steroid dienone is 1. The first-order valence-corrected chi connectivity index (χ1v) is 5.56. The van der Waals surface area contributed by atoms with E-state index in [0.29, 0.717) is 17.9 Å². The maximum absolute atomic E-state index is 11.0. The minimum atomic E-state index is -0.815. The minimum Gasteiger partial charge on any atom is -0.478 e. The average Bonchev–Trinajstić information content (AvgIpc) is 2.25. The second-order valence-electron chi connectivity index (χ2n) is 4.33. The normalized spacial score (nSPS) is 11.8. The Kier molecular flexibility index (Phi) is 4.77. The highest BCUT2D eigenvalue weighted by molar-refractivity contribution is 5.87. The predicted octanol–water partition coefficient (Wildman–Crippen LogP) is 3.29. The number of aliphatic carboxylic acids is 1. The Morgan fingerprint density at radius 2 is 1.94 bits per heavy atom. The van der Waals surface area contributed by atoms with Gasteiger partial charge in [0.1, 0.15) is 0 Å². The van der Waals surface area contributed by atoms with Crippen molar-refractivity contribution in [1.29, 1.82) is 0 Å². The van der Waals surface area contributed by atoms with Gasteiger partial charge in [0, 0.05) is 12.0 Å².